The minimum Gasteiger partial charge on any atom is -0.481 e. The van der Waals surface area contributed by atoms with Crippen molar-refractivity contribution in [3.8, 4) is 0 Å². The van der Waals surface area contributed by atoms with Gasteiger partial charge in [-0.2, -0.15) is 0 Å². The van der Waals surface area contributed by atoms with Crippen LogP contribution >= 0.6 is 0 Å². The van der Waals surface area contributed by atoms with Crippen LogP contribution in [0.1, 0.15) is 57.8 Å². The molecule has 1 N–H and O–H groups in total. The standard InChI is InChI=1S/C15H27NO3/c1-19-14-8-5-13(6-9-14)16-11-3-2-4-12(16)7-10-15(17)18/h12-14H,2-11H2,1H3,(H,17,18). The van der Waals surface area contributed by atoms with Crippen LogP contribution in [-0.2, 0) is 9.53 Å². The summed E-state index contributed by atoms with van der Waals surface area (Å²) in [5, 5.41) is 8.87. The Morgan fingerprint density at radius 3 is 2.58 bits per heavy atom. The number of carboxylic acids is 1. The molecule has 0 aromatic heterocycles. The molecule has 2 fully saturated rings. The highest BCUT2D eigenvalue weighted by Crippen LogP contribution is 2.31. The molecule has 1 aliphatic carbocycles. The lowest BCUT2D eigenvalue weighted by Gasteiger charge is -2.43. The zero-order valence-corrected chi connectivity index (χ0v) is 12.0. The first-order valence-corrected chi connectivity index (χ1v) is 7.71. The number of hydrogen-bond donors (Lipinski definition) is 1. The van der Waals surface area contributed by atoms with E-state index in [1.54, 1.807) is 0 Å². The smallest absolute Gasteiger partial charge is 0.303 e. The van der Waals surface area contributed by atoms with Gasteiger partial charge in [0.15, 0.2) is 0 Å². The van der Waals surface area contributed by atoms with Crippen molar-refractivity contribution in [2.24, 2.45) is 0 Å². The Hall–Kier alpha value is -0.610. The van der Waals surface area contributed by atoms with Gasteiger partial charge in [-0.15, -0.1) is 0 Å². The summed E-state index contributed by atoms with van der Waals surface area (Å²) in [4.78, 5) is 13.4. The summed E-state index contributed by atoms with van der Waals surface area (Å²) in [7, 11) is 1.81. The number of likely N-dealkylation sites (tertiary alicyclic amines) is 1. The number of rotatable bonds is 5. The quantitative estimate of drug-likeness (QED) is 0.833. The van der Waals surface area contributed by atoms with Crippen LogP contribution in [0.4, 0.5) is 0 Å². The van der Waals surface area contributed by atoms with E-state index < -0.39 is 5.97 Å². The number of carbonyl (C=O) groups is 1. The Morgan fingerprint density at radius 2 is 1.95 bits per heavy atom. The minimum atomic E-state index is -0.659. The summed E-state index contributed by atoms with van der Waals surface area (Å²) < 4.78 is 5.44. The van der Waals surface area contributed by atoms with Crippen molar-refractivity contribution >= 4 is 5.97 Å². The van der Waals surface area contributed by atoms with Crippen LogP contribution in [0.3, 0.4) is 0 Å². The number of carboxylic acid groups (broad SMARTS) is 1. The number of ether oxygens (including phenoxy) is 1. The molecular weight excluding hydrogens is 242 g/mol. The lowest BCUT2D eigenvalue weighted by atomic mass is 9.87. The van der Waals surface area contributed by atoms with E-state index in [0.717, 1.165) is 25.8 Å². The molecule has 4 nitrogen and oxygen atoms in total. The van der Waals surface area contributed by atoms with Crippen molar-refractivity contribution in [2.75, 3.05) is 13.7 Å². The van der Waals surface area contributed by atoms with Gasteiger partial charge in [0.25, 0.3) is 0 Å². The number of aliphatic carboxylic acids is 1. The number of methoxy groups -OCH3 is 1. The molecule has 0 amide bonds. The molecule has 1 aliphatic heterocycles. The molecule has 0 aromatic carbocycles. The summed E-state index contributed by atoms with van der Waals surface area (Å²) in [6.07, 6.45) is 10.0. The third-order valence-corrected chi connectivity index (χ3v) is 4.81. The van der Waals surface area contributed by atoms with Crippen molar-refractivity contribution in [3.63, 3.8) is 0 Å². The average molecular weight is 269 g/mol. The third-order valence-electron chi connectivity index (χ3n) is 4.81. The van der Waals surface area contributed by atoms with Crippen molar-refractivity contribution in [1.29, 1.82) is 0 Å². The minimum absolute atomic E-state index is 0.314. The Labute approximate surface area is 116 Å². The lowest BCUT2D eigenvalue weighted by Crippen LogP contribution is -2.48. The lowest BCUT2D eigenvalue weighted by molar-refractivity contribution is -0.137. The highest BCUT2D eigenvalue weighted by Gasteiger charge is 2.31. The average Bonchev–Trinajstić information content (AvgIpc) is 2.45. The van der Waals surface area contributed by atoms with E-state index >= 15 is 0 Å². The van der Waals surface area contributed by atoms with Crippen molar-refractivity contribution in [3.05, 3.63) is 0 Å². The van der Waals surface area contributed by atoms with Gasteiger partial charge in [-0.1, -0.05) is 6.42 Å². The van der Waals surface area contributed by atoms with Gasteiger partial charge in [-0.3, -0.25) is 9.69 Å². The Kier molecular flexibility index (Phi) is 5.64. The summed E-state index contributed by atoms with van der Waals surface area (Å²) >= 11 is 0. The van der Waals surface area contributed by atoms with E-state index in [2.05, 4.69) is 4.90 Å². The third kappa shape index (κ3) is 4.18. The maximum atomic E-state index is 10.8. The second-order valence-electron chi connectivity index (χ2n) is 5.99. The van der Waals surface area contributed by atoms with E-state index in [-0.39, 0.29) is 0 Å². The molecule has 4 heteroatoms. The maximum Gasteiger partial charge on any atom is 0.303 e. The topological polar surface area (TPSA) is 49.8 Å². The zero-order valence-electron chi connectivity index (χ0n) is 12.0. The Morgan fingerprint density at radius 1 is 1.21 bits per heavy atom. The van der Waals surface area contributed by atoms with Gasteiger partial charge in [0, 0.05) is 25.6 Å². The first kappa shape index (κ1) is 14.8. The predicted octanol–water partition coefficient (Wildman–Crippen LogP) is 2.66. The summed E-state index contributed by atoms with van der Waals surface area (Å²) in [6, 6.07) is 1.15. The number of piperidine rings is 1. The van der Waals surface area contributed by atoms with E-state index in [0.29, 0.717) is 24.6 Å². The van der Waals surface area contributed by atoms with E-state index in [1.807, 2.05) is 7.11 Å². The Balaban J connectivity index is 1.86. The fourth-order valence-corrected chi connectivity index (χ4v) is 3.72. The molecule has 0 aromatic rings. The number of hydrogen-bond acceptors (Lipinski definition) is 3. The van der Waals surface area contributed by atoms with Crippen LogP contribution in [0.2, 0.25) is 0 Å². The predicted molar refractivity (Wildman–Crippen MR) is 74.3 cm³/mol. The largest absolute Gasteiger partial charge is 0.481 e. The van der Waals surface area contributed by atoms with Crippen molar-refractivity contribution in [2.45, 2.75) is 76.0 Å². The summed E-state index contributed by atoms with van der Waals surface area (Å²) in [5.41, 5.74) is 0. The monoisotopic (exact) mass is 269 g/mol. The van der Waals surface area contributed by atoms with Crippen LogP contribution in [0.5, 0.6) is 0 Å². The van der Waals surface area contributed by atoms with Crippen LogP contribution in [0.25, 0.3) is 0 Å². The molecule has 1 saturated carbocycles. The van der Waals surface area contributed by atoms with Gasteiger partial charge in [-0.05, 0) is 51.5 Å². The summed E-state index contributed by atoms with van der Waals surface area (Å²) in [6.45, 7) is 1.16. The van der Waals surface area contributed by atoms with Crippen LogP contribution in [-0.4, -0.2) is 47.8 Å². The fraction of sp³-hybridized carbons (Fsp3) is 0.933. The first-order valence-electron chi connectivity index (χ1n) is 7.71. The van der Waals surface area contributed by atoms with E-state index in [1.165, 1.54) is 32.1 Å². The molecule has 2 rings (SSSR count). The number of nitrogens with zero attached hydrogens (tertiary/aromatic N) is 1. The van der Waals surface area contributed by atoms with Crippen molar-refractivity contribution in [1.82, 2.24) is 4.90 Å². The highest BCUT2D eigenvalue weighted by molar-refractivity contribution is 5.66. The molecular formula is C15H27NO3. The van der Waals surface area contributed by atoms with Gasteiger partial charge < -0.3 is 9.84 Å². The first-order chi connectivity index (χ1) is 9.20. The maximum absolute atomic E-state index is 10.8. The fourth-order valence-electron chi connectivity index (χ4n) is 3.72. The molecule has 1 unspecified atom stereocenters. The molecule has 0 spiro atoms. The van der Waals surface area contributed by atoms with Crippen LogP contribution in [0.15, 0.2) is 0 Å². The zero-order chi connectivity index (χ0) is 13.7. The van der Waals surface area contributed by atoms with Gasteiger partial charge in [0.05, 0.1) is 6.10 Å². The molecule has 0 radical (unpaired) electrons. The molecule has 19 heavy (non-hydrogen) atoms. The van der Waals surface area contributed by atoms with Crippen LogP contribution in [0, 0.1) is 0 Å². The van der Waals surface area contributed by atoms with Gasteiger partial charge in [-0.25, -0.2) is 0 Å². The van der Waals surface area contributed by atoms with Crippen LogP contribution < -0.4 is 0 Å². The second kappa shape index (κ2) is 7.25. The van der Waals surface area contributed by atoms with Gasteiger partial charge >= 0.3 is 5.97 Å². The van der Waals surface area contributed by atoms with E-state index in [9.17, 15) is 4.79 Å². The van der Waals surface area contributed by atoms with E-state index in [4.69, 9.17) is 9.84 Å². The highest BCUT2D eigenvalue weighted by atomic mass is 16.5. The summed E-state index contributed by atoms with van der Waals surface area (Å²) in [5.74, 6) is -0.659. The SMILES string of the molecule is COC1CCC(N2CCCCC2CCC(=O)O)CC1. The molecule has 1 heterocycles. The Bertz CT molecular complexity index is 287. The van der Waals surface area contributed by atoms with Gasteiger partial charge in [0.1, 0.15) is 0 Å². The second-order valence-corrected chi connectivity index (χ2v) is 5.99. The molecule has 0 bridgehead atoms. The molecule has 2 aliphatic rings. The molecule has 1 atom stereocenters. The molecule has 1 saturated heterocycles. The van der Waals surface area contributed by atoms with Crippen molar-refractivity contribution < 1.29 is 14.6 Å². The normalized spacial score (nSPS) is 33.2. The van der Waals surface area contributed by atoms with Gasteiger partial charge in [0.2, 0.25) is 0 Å². The molecule has 110 valence electrons.